The van der Waals surface area contributed by atoms with E-state index in [0.717, 1.165) is 43.6 Å². The van der Waals surface area contributed by atoms with Gasteiger partial charge in [-0.1, -0.05) is 4.98 Å². The van der Waals surface area contributed by atoms with Crippen LogP contribution in [-0.2, 0) is 28.4 Å². The Labute approximate surface area is 273 Å². The lowest BCUT2D eigenvalue weighted by Gasteiger charge is -2.31. The fourth-order valence-corrected chi connectivity index (χ4v) is 6.80. The summed E-state index contributed by atoms with van der Waals surface area (Å²) in [5.74, 6) is 2.61. The summed E-state index contributed by atoms with van der Waals surface area (Å²) in [6, 6.07) is 7.57. The van der Waals surface area contributed by atoms with Crippen molar-refractivity contribution < 1.29 is 27.4 Å². The van der Waals surface area contributed by atoms with Gasteiger partial charge in [0.25, 0.3) is 0 Å². The molecule has 1 aliphatic carbocycles. The number of rotatable bonds is 11. The van der Waals surface area contributed by atoms with Crippen LogP contribution in [-0.4, -0.2) is 96.2 Å². The van der Waals surface area contributed by atoms with Crippen molar-refractivity contribution in [2.45, 2.75) is 44.4 Å². The molecule has 2 aliphatic rings. The van der Waals surface area contributed by atoms with Crippen molar-refractivity contribution in [3.63, 3.8) is 0 Å². The summed E-state index contributed by atoms with van der Waals surface area (Å²) < 4.78 is 46.9. The average Bonchev–Trinajstić information content (AvgIpc) is 3.44. The number of fused-ring (bicyclic) bond motifs is 1. The first-order valence-electron chi connectivity index (χ1n) is 15.4. The third-order valence-electron chi connectivity index (χ3n) is 8.51. The molecule has 4 aromatic heterocycles. The van der Waals surface area contributed by atoms with E-state index in [4.69, 9.17) is 24.2 Å². The monoisotopic (exact) mass is 665 g/mol. The van der Waals surface area contributed by atoms with E-state index in [1.54, 1.807) is 26.4 Å². The van der Waals surface area contributed by atoms with Gasteiger partial charge in [-0.2, -0.15) is 4.98 Å². The second kappa shape index (κ2) is 13.6. The van der Waals surface area contributed by atoms with E-state index in [9.17, 15) is 13.6 Å². The Morgan fingerprint density at radius 3 is 2.60 bits per heavy atom. The predicted molar refractivity (Wildman–Crippen MR) is 178 cm³/mol. The summed E-state index contributed by atoms with van der Waals surface area (Å²) in [5.41, 5.74) is 1.47. The van der Waals surface area contributed by atoms with Crippen molar-refractivity contribution in [1.82, 2.24) is 24.5 Å². The molecule has 0 amide bonds. The van der Waals surface area contributed by atoms with E-state index < -0.39 is 10.0 Å². The smallest absolute Gasteiger partial charge is 0.398 e. The molecule has 5 heterocycles. The Morgan fingerprint density at radius 1 is 1.15 bits per heavy atom. The largest absolute Gasteiger partial charge is 0.741 e. The van der Waals surface area contributed by atoms with Crippen LogP contribution in [0.2, 0.25) is 0 Å². The minimum atomic E-state index is -3.77. The zero-order valence-electron chi connectivity index (χ0n) is 26.7. The maximum Gasteiger partial charge on any atom is 0.398 e. The number of morpholine rings is 1. The van der Waals surface area contributed by atoms with Gasteiger partial charge < -0.3 is 29.6 Å². The van der Waals surface area contributed by atoms with Gasteiger partial charge in [-0.05, 0) is 43.9 Å². The first-order valence-corrected chi connectivity index (χ1v) is 17.3. The molecule has 0 aromatic carbocycles. The minimum Gasteiger partial charge on any atom is -0.741 e. The molecule has 0 radical (unpaired) electrons. The second-order valence-electron chi connectivity index (χ2n) is 11.7. The van der Waals surface area contributed by atoms with Crippen LogP contribution in [0.15, 0.2) is 42.9 Å². The topological polar surface area (TPSA) is 163 Å². The molecule has 0 bridgehead atoms. The SMILES string of the molecule is C=[N+]([O-])c1ncc(CN(c2cnc3cc(N4CCOCC4)nc(O[C@H]4CC[C@@H](Nc5ncccc5OC)CC4)c3c2)S(C)(=O)=O)n1C. The van der Waals surface area contributed by atoms with Crippen LogP contribution in [0, 0.1) is 5.21 Å². The van der Waals surface area contributed by atoms with Crippen LogP contribution in [0.4, 0.5) is 23.3 Å². The zero-order chi connectivity index (χ0) is 33.1. The Hall–Kier alpha value is -4.70. The molecule has 250 valence electrons. The van der Waals surface area contributed by atoms with Gasteiger partial charge in [-0.15, -0.1) is 0 Å². The molecule has 4 aromatic rings. The first kappa shape index (κ1) is 32.2. The zero-order valence-corrected chi connectivity index (χ0v) is 27.5. The summed E-state index contributed by atoms with van der Waals surface area (Å²) in [5, 5.41) is 15.9. The molecule has 47 heavy (non-hydrogen) atoms. The van der Waals surface area contributed by atoms with Gasteiger partial charge in [0.1, 0.15) is 23.8 Å². The molecule has 16 heteroatoms. The lowest BCUT2D eigenvalue weighted by molar-refractivity contribution is -0.362. The number of nitrogens with one attached hydrogen (secondary N) is 1. The molecule has 1 saturated carbocycles. The summed E-state index contributed by atoms with van der Waals surface area (Å²) in [6.45, 7) is 5.83. The normalized spacial score (nSPS) is 18.6. The van der Waals surface area contributed by atoms with Crippen molar-refractivity contribution in [3.8, 4) is 11.6 Å². The van der Waals surface area contributed by atoms with Crippen molar-refractivity contribution in [2.75, 3.05) is 54.2 Å². The van der Waals surface area contributed by atoms with Gasteiger partial charge in [0.05, 0.1) is 63.0 Å². The number of anilines is 3. The molecule has 0 spiro atoms. The molecule has 15 nitrogen and oxygen atoms in total. The van der Waals surface area contributed by atoms with Crippen molar-refractivity contribution in [2.24, 2.45) is 7.05 Å². The molecule has 6 rings (SSSR count). The standard InChI is InChI=1S/C31H39N9O6S/c1-37-23(19-34-31(37)38(2)41)20-40(47(4,42)43)22-16-25-26(33-18-22)17-28(39-12-14-45-15-13-39)36-30(25)46-24-9-7-21(8-10-24)35-29-27(44-3)6-5-11-32-29/h5-6,11,16-19,21,24H,2,7-10,12-15,20H2,1,3-4H3,(H,32,35)/t21-,24+. The highest BCUT2D eigenvalue weighted by Crippen LogP contribution is 2.35. The number of ether oxygens (including phenoxy) is 3. The molecule has 0 unspecified atom stereocenters. The average molecular weight is 666 g/mol. The third kappa shape index (κ3) is 7.17. The number of hydrogen-bond donors (Lipinski definition) is 1. The van der Waals surface area contributed by atoms with Crippen LogP contribution in [0.3, 0.4) is 0 Å². The number of hydrogen-bond acceptors (Lipinski definition) is 12. The molecule has 2 fully saturated rings. The van der Waals surface area contributed by atoms with E-state index in [2.05, 4.69) is 26.9 Å². The van der Waals surface area contributed by atoms with Crippen molar-refractivity contribution >= 4 is 50.9 Å². The van der Waals surface area contributed by atoms with E-state index in [-0.39, 0.29) is 24.6 Å². The fourth-order valence-electron chi connectivity index (χ4n) is 5.95. The summed E-state index contributed by atoms with van der Waals surface area (Å²) in [4.78, 5) is 20.3. The number of pyridine rings is 3. The fraction of sp³-hybridized carbons (Fsp3) is 0.452. The van der Waals surface area contributed by atoms with E-state index in [1.807, 2.05) is 18.2 Å². The molecular weight excluding hydrogens is 626 g/mol. The van der Waals surface area contributed by atoms with Crippen LogP contribution in [0.1, 0.15) is 31.4 Å². The lowest BCUT2D eigenvalue weighted by atomic mass is 9.93. The molecule has 0 atom stereocenters. The molecule has 1 aliphatic heterocycles. The van der Waals surface area contributed by atoms with Gasteiger partial charge >= 0.3 is 5.95 Å². The van der Waals surface area contributed by atoms with E-state index in [1.165, 1.54) is 21.3 Å². The maximum absolute atomic E-state index is 13.1. The van der Waals surface area contributed by atoms with Gasteiger partial charge in [-0.3, -0.25) is 14.0 Å². The minimum absolute atomic E-state index is 0.0599. The summed E-state index contributed by atoms with van der Waals surface area (Å²) in [6.07, 6.45) is 9.03. The summed E-state index contributed by atoms with van der Waals surface area (Å²) >= 11 is 0. The number of imidazole rings is 1. The molecule has 1 N–H and O–H groups in total. The van der Waals surface area contributed by atoms with Gasteiger partial charge in [0.2, 0.25) is 15.9 Å². The highest BCUT2D eigenvalue weighted by molar-refractivity contribution is 7.92. The quantitative estimate of drug-likeness (QED) is 0.108. The first-order chi connectivity index (χ1) is 22.6. The van der Waals surface area contributed by atoms with Crippen molar-refractivity contribution in [1.29, 1.82) is 0 Å². The second-order valence-corrected chi connectivity index (χ2v) is 13.6. The van der Waals surface area contributed by atoms with Gasteiger partial charge in [0.15, 0.2) is 11.6 Å². The summed E-state index contributed by atoms with van der Waals surface area (Å²) in [7, 11) is -0.513. The molecular formula is C31H39N9O6S. The van der Waals surface area contributed by atoms with Crippen LogP contribution in [0.5, 0.6) is 11.6 Å². The van der Waals surface area contributed by atoms with Crippen LogP contribution >= 0.6 is 0 Å². The van der Waals surface area contributed by atoms with Gasteiger partial charge in [0, 0.05) is 38.1 Å². The third-order valence-corrected chi connectivity index (χ3v) is 9.65. The number of sulfonamides is 1. The van der Waals surface area contributed by atoms with Gasteiger partial charge in [-0.25, -0.2) is 18.0 Å². The van der Waals surface area contributed by atoms with Crippen LogP contribution < -0.4 is 24.0 Å². The van der Waals surface area contributed by atoms with Crippen molar-refractivity contribution in [3.05, 3.63) is 53.8 Å². The highest BCUT2D eigenvalue weighted by atomic mass is 32.2. The highest BCUT2D eigenvalue weighted by Gasteiger charge is 2.28. The Balaban J connectivity index is 1.29. The number of aromatic nitrogens is 5. The Kier molecular flexibility index (Phi) is 9.31. The Morgan fingerprint density at radius 2 is 1.91 bits per heavy atom. The Bertz CT molecular complexity index is 1850. The molecule has 1 saturated heterocycles. The van der Waals surface area contributed by atoms with E-state index in [0.29, 0.717) is 65.0 Å². The predicted octanol–water partition coefficient (Wildman–Crippen LogP) is 3.21. The lowest BCUT2D eigenvalue weighted by Crippen LogP contribution is -2.37. The van der Waals surface area contributed by atoms with Crippen LogP contribution in [0.25, 0.3) is 10.9 Å². The van der Waals surface area contributed by atoms with E-state index >= 15 is 0 Å². The number of nitrogens with zero attached hydrogens (tertiary/aromatic N) is 8. The maximum atomic E-state index is 13.1. The number of methoxy groups -OCH3 is 1.